The van der Waals surface area contributed by atoms with Crippen molar-refractivity contribution in [1.29, 1.82) is 0 Å². The molecule has 3 rings (SSSR count). The van der Waals surface area contributed by atoms with E-state index < -0.39 is 0 Å². The van der Waals surface area contributed by atoms with Crippen LogP contribution in [0.2, 0.25) is 0 Å². The summed E-state index contributed by atoms with van der Waals surface area (Å²) in [6.07, 6.45) is 0. The predicted molar refractivity (Wildman–Crippen MR) is 108 cm³/mol. The molecule has 0 atom stereocenters. The zero-order valence-electron chi connectivity index (χ0n) is 17.0. The van der Waals surface area contributed by atoms with Crippen LogP contribution in [0.3, 0.4) is 0 Å². The molecular formula is C22H28N2O4. The zero-order chi connectivity index (χ0) is 20.1. The van der Waals surface area contributed by atoms with Crippen molar-refractivity contribution in [2.24, 2.45) is 0 Å². The largest absolute Gasteiger partial charge is 0.497 e. The summed E-state index contributed by atoms with van der Waals surface area (Å²) >= 11 is 0. The van der Waals surface area contributed by atoms with Crippen LogP contribution in [0.1, 0.15) is 21.5 Å². The van der Waals surface area contributed by atoms with Crippen molar-refractivity contribution in [3.63, 3.8) is 0 Å². The molecule has 0 unspecified atom stereocenters. The van der Waals surface area contributed by atoms with Gasteiger partial charge in [0.05, 0.1) is 21.3 Å². The van der Waals surface area contributed by atoms with Crippen molar-refractivity contribution in [2.75, 3.05) is 47.5 Å². The number of carbonyl (C=O) groups excluding carboxylic acids is 1. The molecule has 0 radical (unpaired) electrons. The van der Waals surface area contributed by atoms with Crippen molar-refractivity contribution in [3.05, 3.63) is 53.1 Å². The third-order valence-corrected chi connectivity index (χ3v) is 5.20. The summed E-state index contributed by atoms with van der Waals surface area (Å²) in [4.78, 5) is 17.1. The Morgan fingerprint density at radius 3 is 2.25 bits per heavy atom. The van der Waals surface area contributed by atoms with Crippen molar-refractivity contribution in [1.82, 2.24) is 9.80 Å². The van der Waals surface area contributed by atoms with Crippen molar-refractivity contribution in [3.8, 4) is 17.2 Å². The minimum atomic E-state index is 0.0527. The van der Waals surface area contributed by atoms with Gasteiger partial charge in [-0.3, -0.25) is 9.69 Å². The van der Waals surface area contributed by atoms with Crippen LogP contribution in [-0.2, 0) is 6.54 Å². The zero-order valence-corrected chi connectivity index (χ0v) is 17.0. The summed E-state index contributed by atoms with van der Waals surface area (Å²) in [5.74, 6) is 2.47. The van der Waals surface area contributed by atoms with Gasteiger partial charge in [-0.15, -0.1) is 0 Å². The molecule has 0 saturated carbocycles. The number of rotatable bonds is 6. The first kappa shape index (κ1) is 20.0. The lowest BCUT2D eigenvalue weighted by Gasteiger charge is -2.35. The molecule has 6 heteroatoms. The highest BCUT2D eigenvalue weighted by molar-refractivity contribution is 5.94. The summed E-state index contributed by atoms with van der Waals surface area (Å²) in [5.41, 5.74) is 2.78. The Balaban J connectivity index is 1.62. The molecule has 6 nitrogen and oxygen atoms in total. The van der Waals surface area contributed by atoms with E-state index in [1.807, 2.05) is 48.2 Å². The highest BCUT2D eigenvalue weighted by Gasteiger charge is 2.23. The molecular weight excluding hydrogens is 356 g/mol. The van der Waals surface area contributed by atoms with Crippen molar-refractivity contribution in [2.45, 2.75) is 13.5 Å². The second kappa shape index (κ2) is 8.97. The fourth-order valence-electron chi connectivity index (χ4n) is 3.49. The molecule has 1 aliphatic heterocycles. The minimum Gasteiger partial charge on any atom is -0.497 e. The average Bonchev–Trinajstić information content (AvgIpc) is 2.74. The normalized spacial score (nSPS) is 14.6. The van der Waals surface area contributed by atoms with Gasteiger partial charge in [0, 0.05) is 43.9 Å². The molecule has 0 aliphatic carbocycles. The SMILES string of the molecule is COc1ccc(OC)c(CN2CCN(C(=O)c3ccc(C)c(OC)c3)CC2)c1. The van der Waals surface area contributed by atoms with Gasteiger partial charge in [-0.1, -0.05) is 6.07 Å². The van der Waals surface area contributed by atoms with E-state index in [4.69, 9.17) is 14.2 Å². The Kier molecular flexibility index (Phi) is 6.41. The maximum Gasteiger partial charge on any atom is 0.254 e. The van der Waals surface area contributed by atoms with Crippen LogP contribution < -0.4 is 14.2 Å². The lowest BCUT2D eigenvalue weighted by atomic mass is 10.1. The summed E-state index contributed by atoms with van der Waals surface area (Å²) in [6, 6.07) is 11.5. The monoisotopic (exact) mass is 384 g/mol. The standard InChI is InChI=1S/C22H28N2O4/c1-16-5-6-17(14-21(16)28-4)22(25)24-11-9-23(10-12-24)15-18-13-19(26-2)7-8-20(18)27-3/h5-8,13-14H,9-12,15H2,1-4H3. The minimum absolute atomic E-state index is 0.0527. The van der Waals surface area contributed by atoms with Gasteiger partial charge >= 0.3 is 0 Å². The molecule has 1 fully saturated rings. The molecule has 2 aromatic carbocycles. The van der Waals surface area contributed by atoms with Crippen molar-refractivity contribution >= 4 is 5.91 Å². The maximum atomic E-state index is 12.8. The van der Waals surface area contributed by atoms with E-state index in [2.05, 4.69) is 4.90 Å². The summed E-state index contributed by atoms with van der Waals surface area (Å²) < 4.78 is 16.2. The fraction of sp³-hybridized carbons (Fsp3) is 0.409. The van der Waals surface area contributed by atoms with Crippen LogP contribution in [0.15, 0.2) is 36.4 Å². The van der Waals surface area contributed by atoms with Crippen LogP contribution in [-0.4, -0.2) is 63.2 Å². The Labute approximate surface area is 166 Å². The molecule has 150 valence electrons. The van der Waals surface area contributed by atoms with E-state index in [9.17, 15) is 4.79 Å². The second-order valence-electron chi connectivity index (χ2n) is 6.93. The molecule has 0 aromatic heterocycles. The van der Waals surface area contributed by atoms with E-state index >= 15 is 0 Å². The molecule has 1 heterocycles. The Morgan fingerprint density at radius 1 is 0.893 bits per heavy atom. The molecule has 2 aromatic rings. The number of ether oxygens (including phenoxy) is 3. The van der Waals surface area contributed by atoms with E-state index in [-0.39, 0.29) is 5.91 Å². The third kappa shape index (κ3) is 4.39. The number of piperazine rings is 1. The summed E-state index contributed by atoms with van der Waals surface area (Å²) in [7, 11) is 4.97. The number of nitrogens with zero attached hydrogens (tertiary/aromatic N) is 2. The topological polar surface area (TPSA) is 51.2 Å². The first-order valence-electron chi connectivity index (χ1n) is 9.43. The highest BCUT2D eigenvalue weighted by Crippen LogP contribution is 2.26. The Morgan fingerprint density at radius 2 is 1.61 bits per heavy atom. The quantitative estimate of drug-likeness (QED) is 0.766. The summed E-state index contributed by atoms with van der Waals surface area (Å²) in [6.45, 7) is 5.76. The molecule has 1 aliphatic rings. The van der Waals surface area contributed by atoms with Gasteiger partial charge in [0.15, 0.2) is 0 Å². The average molecular weight is 384 g/mol. The van der Waals surface area contributed by atoms with Gasteiger partial charge in [0.2, 0.25) is 0 Å². The molecule has 1 saturated heterocycles. The number of aryl methyl sites for hydroxylation is 1. The van der Waals surface area contributed by atoms with Gasteiger partial charge in [0.25, 0.3) is 5.91 Å². The molecule has 0 spiro atoms. The van der Waals surface area contributed by atoms with Crippen molar-refractivity contribution < 1.29 is 19.0 Å². The first-order chi connectivity index (χ1) is 13.5. The van der Waals surface area contributed by atoms with E-state index in [1.54, 1.807) is 21.3 Å². The molecule has 0 N–H and O–H groups in total. The Bertz CT molecular complexity index is 829. The van der Waals surface area contributed by atoms with E-state index in [0.29, 0.717) is 18.7 Å². The lowest BCUT2D eigenvalue weighted by Crippen LogP contribution is -2.48. The smallest absolute Gasteiger partial charge is 0.254 e. The third-order valence-electron chi connectivity index (χ3n) is 5.20. The Hall–Kier alpha value is -2.73. The lowest BCUT2D eigenvalue weighted by molar-refractivity contribution is 0.0627. The van der Waals surface area contributed by atoms with E-state index in [1.165, 1.54) is 0 Å². The van der Waals surface area contributed by atoms with Crippen LogP contribution in [0.4, 0.5) is 0 Å². The number of methoxy groups -OCH3 is 3. The van der Waals surface area contributed by atoms with Gasteiger partial charge in [-0.2, -0.15) is 0 Å². The van der Waals surface area contributed by atoms with Crippen LogP contribution in [0.25, 0.3) is 0 Å². The van der Waals surface area contributed by atoms with Crippen LogP contribution in [0, 0.1) is 6.92 Å². The molecule has 28 heavy (non-hydrogen) atoms. The number of hydrogen-bond acceptors (Lipinski definition) is 5. The van der Waals surface area contributed by atoms with Gasteiger partial charge < -0.3 is 19.1 Å². The van der Waals surface area contributed by atoms with Crippen LogP contribution in [0.5, 0.6) is 17.2 Å². The molecule has 1 amide bonds. The summed E-state index contributed by atoms with van der Waals surface area (Å²) in [5, 5.41) is 0. The number of benzene rings is 2. The number of carbonyl (C=O) groups is 1. The number of amides is 1. The predicted octanol–water partition coefficient (Wildman–Crippen LogP) is 2.98. The fourth-order valence-corrected chi connectivity index (χ4v) is 3.49. The van der Waals surface area contributed by atoms with Gasteiger partial charge in [-0.25, -0.2) is 0 Å². The van der Waals surface area contributed by atoms with E-state index in [0.717, 1.165) is 48.0 Å². The maximum absolute atomic E-state index is 12.8. The molecule has 0 bridgehead atoms. The number of hydrogen-bond donors (Lipinski definition) is 0. The van der Waals surface area contributed by atoms with Crippen LogP contribution >= 0.6 is 0 Å². The highest BCUT2D eigenvalue weighted by atomic mass is 16.5. The van der Waals surface area contributed by atoms with Gasteiger partial charge in [-0.05, 0) is 42.8 Å². The first-order valence-corrected chi connectivity index (χ1v) is 9.43. The second-order valence-corrected chi connectivity index (χ2v) is 6.93. The van der Waals surface area contributed by atoms with Gasteiger partial charge in [0.1, 0.15) is 17.2 Å².